The van der Waals surface area contributed by atoms with Crippen molar-refractivity contribution in [1.29, 1.82) is 0 Å². The molecule has 1 aromatic rings. The van der Waals surface area contributed by atoms with E-state index in [9.17, 15) is 0 Å². The molecule has 0 aliphatic heterocycles. The van der Waals surface area contributed by atoms with E-state index in [-0.39, 0.29) is 0 Å². The Bertz CT molecular complexity index is 346. The monoisotopic (exact) mass is 206 g/mol. The van der Waals surface area contributed by atoms with Gasteiger partial charge in [0.05, 0.1) is 0 Å². The molecule has 0 bridgehead atoms. The number of aryl methyl sites for hydroxylation is 1. The van der Waals surface area contributed by atoms with Crippen LogP contribution in [0.5, 0.6) is 0 Å². The number of rotatable bonds is 4. The second-order valence-electron chi connectivity index (χ2n) is 4.15. The first-order valence-electron chi connectivity index (χ1n) is 5.42. The van der Waals surface area contributed by atoms with Gasteiger partial charge in [-0.1, -0.05) is 0 Å². The molecule has 1 fully saturated rings. The molecule has 1 heterocycles. The maximum absolute atomic E-state index is 4.53. The van der Waals surface area contributed by atoms with Crippen molar-refractivity contribution in [3.63, 3.8) is 0 Å². The molecule has 15 heavy (non-hydrogen) atoms. The van der Waals surface area contributed by atoms with Crippen LogP contribution in [0.15, 0.2) is 6.20 Å². The third-order valence-electron chi connectivity index (χ3n) is 2.85. The molecule has 1 aliphatic rings. The van der Waals surface area contributed by atoms with E-state index in [1.54, 1.807) is 0 Å². The Morgan fingerprint density at radius 2 is 2.27 bits per heavy atom. The molecule has 4 nitrogen and oxygen atoms in total. The lowest BCUT2D eigenvalue weighted by atomic mass is 10.2. The van der Waals surface area contributed by atoms with Crippen molar-refractivity contribution >= 4 is 5.95 Å². The zero-order valence-corrected chi connectivity index (χ0v) is 9.62. The second-order valence-corrected chi connectivity index (χ2v) is 4.15. The first-order valence-corrected chi connectivity index (χ1v) is 5.42. The van der Waals surface area contributed by atoms with Crippen LogP contribution in [-0.2, 0) is 6.54 Å². The van der Waals surface area contributed by atoms with E-state index in [2.05, 4.69) is 27.2 Å². The summed E-state index contributed by atoms with van der Waals surface area (Å²) >= 11 is 0. The highest BCUT2D eigenvalue weighted by Gasteiger charge is 2.27. The Hall–Kier alpha value is -1.16. The summed E-state index contributed by atoms with van der Waals surface area (Å²) in [7, 11) is 4.01. The van der Waals surface area contributed by atoms with E-state index in [0.717, 1.165) is 18.2 Å². The average Bonchev–Trinajstić information content (AvgIpc) is 3.04. The van der Waals surface area contributed by atoms with Crippen LogP contribution in [0.2, 0.25) is 0 Å². The molecule has 0 unspecified atom stereocenters. The van der Waals surface area contributed by atoms with Crippen molar-refractivity contribution in [2.75, 3.05) is 19.0 Å². The molecule has 0 aromatic carbocycles. The summed E-state index contributed by atoms with van der Waals surface area (Å²) in [6, 6.07) is 0.666. The Balaban J connectivity index is 2.16. The molecule has 4 heteroatoms. The highest BCUT2D eigenvalue weighted by atomic mass is 15.3. The maximum atomic E-state index is 4.53. The Morgan fingerprint density at radius 1 is 1.53 bits per heavy atom. The third kappa shape index (κ3) is 2.26. The van der Waals surface area contributed by atoms with Gasteiger partial charge in [0.1, 0.15) is 0 Å². The second kappa shape index (κ2) is 4.14. The molecule has 0 spiro atoms. The van der Waals surface area contributed by atoms with Crippen LogP contribution < -0.4 is 10.2 Å². The fraction of sp³-hybridized carbons (Fsp3) is 0.636. The van der Waals surface area contributed by atoms with Gasteiger partial charge in [-0.25, -0.2) is 9.97 Å². The summed E-state index contributed by atoms with van der Waals surface area (Å²) in [6.45, 7) is 2.87. The van der Waals surface area contributed by atoms with Crippen LogP contribution in [0.3, 0.4) is 0 Å². The predicted octanol–water partition coefficient (Wildman–Crippen LogP) is 1.10. The van der Waals surface area contributed by atoms with Gasteiger partial charge in [-0.3, -0.25) is 0 Å². The molecule has 0 amide bonds. The molecule has 1 aromatic heterocycles. The standard InChI is InChI=1S/C11H18N4/c1-8-9(6-12-2)7-13-11(14-8)15(3)10-4-5-10/h7,10,12H,4-6H2,1-3H3. The lowest BCUT2D eigenvalue weighted by Crippen LogP contribution is -2.22. The van der Waals surface area contributed by atoms with E-state index >= 15 is 0 Å². The summed E-state index contributed by atoms with van der Waals surface area (Å²) in [5, 5.41) is 3.12. The van der Waals surface area contributed by atoms with Crippen molar-refractivity contribution in [2.45, 2.75) is 32.4 Å². The highest BCUT2D eigenvalue weighted by molar-refractivity contribution is 5.34. The van der Waals surface area contributed by atoms with E-state index in [1.165, 1.54) is 18.4 Å². The summed E-state index contributed by atoms with van der Waals surface area (Å²) in [5.41, 5.74) is 2.24. The minimum Gasteiger partial charge on any atom is -0.341 e. The lowest BCUT2D eigenvalue weighted by Gasteiger charge is -2.17. The summed E-state index contributed by atoms with van der Waals surface area (Å²) < 4.78 is 0. The first kappa shape index (κ1) is 10.4. The fourth-order valence-electron chi connectivity index (χ4n) is 1.64. The summed E-state index contributed by atoms with van der Waals surface area (Å²) in [4.78, 5) is 11.1. The van der Waals surface area contributed by atoms with Crippen LogP contribution in [0.25, 0.3) is 0 Å². The molecule has 2 rings (SSSR count). The number of anilines is 1. The van der Waals surface area contributed by atoms with Crippen LogP contribution >= 0.6 is 0 Å². The molecule has 1 saturated carbocycles. The van der Waals surface area contributed by atoms with Gasteiger partial charge in [0.2, 0.25) is 5.95 Å². The number of aromatic nitrogens is 2. The molecule has 82 valence electrons. The topological polar surface area (TPSA) is 41.1 Å². The molecular formula is C11H18N4. The van der Waals surface area contributed by atoms with Crippen molar-refractivity contribution in [2.24, 2.45) is 0 Å². The molecule has 0 saturated heterocycles. The van der Waals surface area contributed by atoms with Crippen molar-refractivity contribution < 1.29 is 0 Å². The lowest BCUT2D eigenvalue weighted by molar-refractivity contribution is 0.785. The third-order valence-corrected chi connectivity index (χ3v) is 2.85. The summed E-state index contributed by atoms with van der Waals surface area (Å²) in [6.07, 6.45) is 4.47. The Labute approximate surface area is 90.7 Å². The maximum Gasteiger partial charge on any atom is 0.225 e. The zero-order chi connectivity index (χ0) is 10.8. The fourth-order valence-corrected chi connectivity index (χ4v) is 1.64. The molecule has 0 atom stereocenters. The van der Waals surface area contributed by atoms with Crippen LogP contribution in [0.4, 0.5) is 5.95 Å². The number of hydrogen-bond donors (Lipinski definition) is 1. The molecule has 1 aliphatic carbocycles. The van der Waals surface area contributed by atoms with Gasteiger partial charge in [0, 0.05) is 37.1 Å². The normalized spacial score (nSPS) is 15.4. The van der Waals surface area contributed by atoms with Crippen LogP contribution in [-0.4, -0.2) is 30.1 Å². The van der Waals surface area contributed by atoms with Gasteiger partial charge < -0.3 is 10.2 Å². The van der Waals surface area contributed by atoms with E-state index in [1.807, 2.05) is 20.2 Å². The number of hydrogen-bond acceptors (Lipinski definition) is 4. The van der Waals surface area contributed by atoms with Crippen molar-refractivity contribution in [3.05, 3.63) is 17.5 Å². The first-order chi connectivity index (χ1) is 7.22. The average molecular weight is 206 g/mol. The van der Waals surface area contributed by atoms with Crippen LogP contribution in [0.1, 0.15) is 24.1 Å². The Morgan fingerprint density at radius 3 is 2.80 bits per heavy atom. The Kier molecular flexibility index (Phi) is 2.86. The predicted molar refractivity (Wildman–Crippen MR) is 61.0 cm³/mol. The molecule has 0 radical (unpaired) electrons. The van der Waals surface area contributed by atoms with Gasteiger partial charge in [-0.05, 0) is 26.8 Å². The molecule has 1 N–H and O–H groups in total. The van der Waals surface area contributed by atoms with E-state index < -0.39 is 0 Å². The molecular weight excluding hydrogens is 188 g/mol. The highest BCUT2D eigenvalue weighted by Crippen LogP contribution is 2.28. The van der Waals surface area contributed by atoms with Gasteiger partial charge >= 0.3 is 0 Å². The number of nitrogens with one attached hydrogen (secondary N) is 1. The zero-order valence-electron chi connectivity index (χ0n) is 9.62. The van der Waals surface area contributed by atoms with E-state index in [4.69, 9.17) is 0 Å². The minimum absolute atomic E-state index is 0.666. The van der Waals surface area contributed by atoms with Crippen molar-refractivity contribution in [1.82, 2.24) is 15.3 Å². The SMILES string of the molecule is CNCc1cnc(N(C)C2CC2)nc1C. The van der Waals surface area contributed by atoms with Gasteiger partial charge in [0.15, 0.2) is 0 Å². The number of nitrogens with zero attached hydrogens (tertiary/aromatic N) is 3. The quantitative estimate of drug-likeness (QED) is 0.801. The van der Waals surface area contributed by atoms with Crippen LogP contribution in [0, 0.1) is 6.92 Å². The van der Waals surface area contributed by atoms with Crippen molar-refractivity contribution in [3.8, 4) is 0 Å². The van der Waals surface area contributed by atoms with Gasteiger partial charge in [-0.2, -0.15) is 0 Å². The van der Waals surface area contributed by atoms with Gasteiger partial charge in [-0.15, -0.1) is 0 Å². The van der Waals surface area contributed by atoms with E-state index in [0.29, 0.717) is 6.04 Å². The largest absolute Gasteiger partial charge is 0.341 e. The smallest absolute Gasteiger partial charge is 0.225 e. The van der Waals surface area contributed by atoms with Gasteiger partial charge in [0.25, 0.3) is 0 Å². The minimum atomic E-state index is 0.666. The summed E-state index contributed by atoms with van der Waals surface area (Å²) in [5.74, 6) is 0.856.